The van der Waals surface area contributed by atoms with Crippen molar-refractivity contribution in [3.63, 3.8) is 0 Å². The van der Waals surface area contributed by atoms with E-state index in [1.165, 1.54) is 0 Å². The van der Waals surface area contributed by atoms with E-state index in [2.05, 4.69) is 22.1 Å². The van der Waals surface area contributed by atoms with Crippen molar-refractivity contribution in [3.05, 3.63) is 84.4 Å². The van der Waals surface area contributed by atoms with Crippen molar-refractivity contribution < 1.29 is 21.1 Å². The molecule has 0 aliphatic heterocycles. The van der Waals surface area contributed by atoms with Crippen LogP contribution in [0.25, 0.3) is 22.8 Å². The van der Waals surface area contributed by atoms with Crippen molar-refractivity contribution >= 4 is 0 Å². The Bertz CT molecular complexity index is 890. The summed E-state index contributed by atoms with van der Waals surface area (Å²) in [5.41, 5.74) is 4.15. The fourth-order valence-corrected chi connectivity index (χ4v) is 2.80. The number of aryl methyl sites for hydroxylation is 4. The molecule has 0 radical (unpaired) electrons. The topological polar surface area (TPSA) is 35.6 Å². The quantitative estimate of drug-likeness (QED) is 0.356. The van der Waals surface area contributed by atoms with E-state index in [9.17, 15) is 0 Å². The van der Waals surface area contributed by atoms with Crippen LogP contribution in [0.5, 0.6) is 0 Å². The Hall–Kier alpha value is -2.45. The van der Waals surface area contributed by atoms with E-state index in [0.717, 1.165) is 34.2 Å². The number of imidazole rings is 2. The van der Waals surface area contributed by atoms with Crippen LogP contribution in [0.1, 0.15) is 11.4 Å². The minimum atomic E-state index is 0. The summed E-state index contributed by atoms with van der Waals surface area (Å²) in [4.78, 5) is 8.82. The second-order valence-electron chi connectivity index (χ2n) is 6.19. The van der Waals surface area contributed by atoms with Crippen LogP contribution in [0.3, 0.4) is 0 Å². The van der Waals surface area contributed by atoms with Crippen molar-refractivity contribution in [3.8, 4) is 22.8 Å². The molecule has 0 N–H and O–H groups in total. The minimum absolute atomic E-state index is 0. The summed E-state index contributed by atoms with van der Waals surface area (Å²) in [6, 6.07) is 22.1. The molecule has 4 rings (SSSR count). The first kappa shape index (κ1) is 20.9. The molecular weight excluding hydrogens is 515 g/mol. The molecule has 0 unspecified atom stereocenters. The van der Waals surface area contributed by atoms with Crippen LogP contribution in [0.4, 0.5) is 0 Å². The number of hydrogen-bond donors (Lipinski definition) is 0. The third-order valence-corrected chi connectivity index (χ3v) is 3.89. The molecule has 0 saturated carbocycles. The molecule has 2 aromatic carbocycles. The number of rotatable bonds is 2. The maximum Gasteiger partial charge on any atom is 2.00 e. The molecule has 0 fully saturated rings. The van der Waals surface area contributed by atoms with Crippen molar-refractivity contribution in [2.45, 2.75) is 13.8 Å². The fraction of sp³-hybridized carbons (Fsp3) is 0.182. The minimum Gasteiger partial charge on any atom is -0.373 e. The maximum absolute atomic E-state index is 4.41. The van der Waals surface area contributed by atoms with E-state index in [0.29, 0.717) is 0 Å². The van der Waals surface area contributed by atoms with Gasteiger partial charge in [0.25, 0.3) is 0 Å². The van der Waals surface area contributed by atoms with Crippen LogP contribution in [0, 0.1) is 26.0 Å². The molecule has 27 heavy (non-hydrogen) atoms. The van der Waals surface area contributed by atoms with Gasteiger partial charge in [0.05, 0.1) is 11.6 Å². The van der Waals surface area contributed by atoms with E-state index in [1.807, 2.05) is 98.0 Å². The smallest absolute Gasteiger partial charge is 0.373 e. The molecule has 0 aliphatic carbocycles. The SMILES string of the molecule is Cc1cn(C)c(-c2[c-]cccc2)n1.Cc1cn(C)c(-c2[c-]cccc2)n1.[Pt+2]. The normalized spacial score (nSPS) is 9.93. The molecule has 2 heterocycles. The zero-order valence-corrected chi connectivity index (χ0v) is 18.2. The molecular formula is C22H22N4Pt. The van der Waals surface area contributed by atoms with Crippen molar-refractivity contribution in [2.24, 2.45) is 14.1 Å². The Labute approximate surface area is 175 Å². The third-order valence-electron chi connectivity index (χ3n) is 3.89. The van der Waals surface area contributed by atoms with Gasteiger partial charge in [-0.3, -0.25) is 9.97 Å². The van der Waals surface area contributed by atoms with Crippen molar-refractivity contribution in [1.29, 1.82) is 0 Å². The summed E-state index contributed by atoms with van der Waals surface area (Å²) in [6.07, 6.45) is 4.02. The summed E-state index contributed by atoms with van der Waals surface area (Å²) in [5.74, 6) is 1.94. The Balaban J connectivity index is 0.000000187. The molecule has 140 valence electrons. The van der Waals surface area contributed by atoms with Crippen LogP contribution in [-0.2, 0) is 35.2 Å². The molecule has 0 amide bonds. The molecule has 2 aromatic heterocycles. The van der Waals surface area contributed by atoms with Gasteiger partial charge in [0, 0.05) is 37.9 Å². The largest absolute Gasteiger partial charge is 2.00 e. The summed E-state index contributed by atoms with van der Waals surface area (Å²) < 4.78 is 4.03. The number of aromatic nitrogens is 4. The molecule has 0 spiro atoms. The molecule has 4 aromatic rings. The number of benzene rings is 2. The van der Waals surface area contributed by atoms with Crippen molar-refractivity contribution in [1.82, 2.24) is 19.1 Å². The summed E-state index contributed by atoms with van der Waals surface area (Å²) in [7, 11) is 3.99. The molecule has 0 bridgehead atoms. The van der Waals surface area contributed by atoms with Gasteiger partial charge in [0.1, 0.15) is 0 Å². The van der Waals surface area contributed by atoms with Crippen LogP contribution in [-0.4, -0.2) is 19.1 Å². The second kappa shape index (κ2) is 9.47. The first-order chi connectivity index (χ1) is 12.5. The van der Waals surface area contributed by atoms with E-state index in [1.54, 1.807) is 0 Å². The zero-order chi connectivity index (χ0) is 18.5. The first-order valence-electron chi connectivity index (χ1n) is 8.48. The first-order valence-corrected chi connectivity index (χ1v) is 8.48. The summed E-state index contributed by atoms with van der Waals surface area (Å²) in [5, 5.41) is 0. The van der Waals surface area contributed by atoms with Gasteiger partial charge in [0.2, 0.25) is 0 Å². The Morgan fingerprint density at radius 3 is 1.37 bits per heavy atom. The van der Waals surface area contributed by atoms with Gasteiger partial charge in [-0.05, 0) is 13.8 Å². The van der Waals surface area contributed by atoms with Gasteiger partial charge < -0.3 is 9.13 Å². The van der Waals surface area contributed by atoms with Gasteiger partial charge in [-0.25, -0.2) is 0 Å². The van der Waals surface area contributed by atoms with Gasteiger partial charge in [0.15, 0.2) is 0 Å². The van der Waals surface area contributed by atoms with Crippen LogP contribution >= 0.6 is 0 Å². The van der Waals surface area contributed by atoms with E-state index in [4.69, 9.17) is 0 Å². The fourth-order valence-electron chi connectivity index (χ4n) is 2.80. The second-order valence-corrected chi connectivity index (χ2v) is 6.19. The van der Waals surface area contributed by atoms with E-state index >= 15 is 0 Å². The van der Waals surface area contributed by atoms with E-state index < -0.39 is 0 Å². The number of nitrogens with zero attached hydrogens (tertiary/aromatic N) is 4. The molecule has 0 saturated heterocycles. The Kier molecular flexibility index (Phi) is 7.32. The summed E-state index contributed by atoms with van der Waals surface area (Å²) >= 11 is 0. The average Bonchev–Trinajstić information content (AvgIpc) is 3.17. The average molecular weight is 538 g/mol. The maximum atomic E-state index is 4.41. The predicted octanol–water partition coefficient (Wildman–Crippen LogP) is 4.39. The number of hydrogen-bond acceptors (Lipinski definition) is 2. The zero-order valence-electron chi connectivity index (χ0n) is 15.9. The standard InChI is InChI=1S/2C11H11N2.Pt/c2*1-9-8-13(2)11(12-9)10-6-4-3-5-7-10;/h2*3-6,8H,1-2H3;/q2*-1;+2. The van der Waals surface area contributed by atoms with Crippen LogP contribution in [0.15, 0.2) is 60.9 Å². The van der Waals surface area contributed by atoms with Crippen LogP contribution in [0.2, 0.25) is 0 Å². The third kappa shape index (κ3) is 5.27. The Morgan fingerprint density at radius 1 is 0.704 bits per heavy atom. The van der Waals surface area contributed by atoms with Gasteiger partial charge in [-0.2, -0.15) is 0 Å². The van der Waals surface area contributed by atoms with Gasteiger partial charge in [-0.1, -0.05) is 0 Å². The summed E-state index contributed by atoms with van der Waals surface area (Å²) in [6.45, 7) is 3.98. The van der Waals surface area contributed by atoms with Crippen LogP contribution < -0.4 is 0 Å². The predicted molar refractivity (Wildman–Crippen MR) is 104 cm³/mol. The molecule has 0 atom stereocenters. The molecule has 5 heteroatoms. The molecule has 4 nitrogen and oxygen atoms in total. The van der Waals surface area contributed by atoms with Gasteiger partial charge >= 0.3 is 21.1 Å². The van der Waals surface area contributed by atoms with Gasteiger partial charge in [-0.15, -0.1) is 71.8 Å². The monoisotopic (exact) mass is 537 g/mol. The van der Waals surface area contributed by atoms with E-state index in [-0.39, 0.29) is 21.1 Å². The van der Waals surface area contributed by atoms with Crippen molar-refractivity contribution in [2.75, 3.05) is 0 Å². The molecule has 0 aliphatic rings. The Morgan fingerprint density at radius 2 is 1.11 bits per heavy atom.